The Morgan fingerprint density at radius 3 is 2.34 bits per heavy atom. The van der Waals surface area contributed by atoms with Gasteiger partial charge in [0.25, 0.3) is 11.5 Å². The molecule has 6 nitrogen and oxygen atoms in total. The Hall–Kier alpha value is -3.69. The number of amides is 1. The van der Waals surface area contributed by atoms with E-state index in [2.05, 4.69) is 10.3 Å². The summed E-state index contributed by atoms with van der Waals surface area (Å²) in [6, 6.07) is 5.94. The van der Waals surface area contributed by atoms with Gasteiger partial charge in [-0.1, -0.05) is 12.1 Å². The molecule has 0 bridgehead atoms. The SMILES string of the molecule is Cn1c(-c2c(F)cccc2F)nc(C(=O)NCc2ccc(F)c(F)c2)c(O)c1=O. The van der Waals surface area contributed by atoms with Crippen LogP contribution in [0, 0.1) is 23.3 Å². The molecule has 10 heteroatoms. The number of benzene rings is 2. The highest BCUT2D eigenvalue weighted by Gasteiger charge is 2.24. The molecule has 3 aromatic rings. The molecule has 0 unspecified atom stereocenters. The molecular formula is C19H13F4N3O3. The fourth-order valence-electron chi connectivity index (χ4n) is 2.60. The van der Waals surface area contributed by atoms with Crippen molar-refractivity contribution in [3.63, 3.8) is 0 Å². The molecule has 3 rings (SSSR count). The van der Waals surface area contributed by atoms with Gasteiger partial charge in [-0.25, -0.2) is 22.5 Å². The molecule has 0 radical (unpaired) electrons. The van der Waals surface area contributed by atoms with E-state index in [4.69, 9.17) is 0 Å². The Bertz CT molecular complexity index is 1160. The maximum absolute atomic E-state index is 14.1. The number of nitrogens with one attached hydrogen (secondary N) is 1. The lowest BCUT2D eigenvalue weighted by molar-refractivity contribution is 0.0942. The van der Waals surface area contributed by atoms with E-state index in [0.29, 0.717) is 4.57 Å². The van der Waals surface area contributed by atoms with Gasteiger partial charge >= 0.3 is 0 Å². The summed E-state index contributed by atoms with van der Waals surface area (Å²) >= 11 is 0. The number of nitrogens with zero attached hydrogens (tertiary/aromatic N) is 2. The second-order valence-electron chi connectivity index (χ2n) is 6.02. The number of hydrogen-bond donors (Lipinski definition) is 2. The van der Waals surface area contributed by atoms with Crippen molar-refractivity contribution in [3.8, 4) is 17.1 Å². The van der Waals surface area contributed by atoms with Crippen molar-refractivity contribution in [3.05, 3.63) is 81.3 Å². The summed E-state index contributed by atoms with van der Waals surface area (Å²) in [7, 11) is 1.12. The van der Waals surface area contributed by atoms with E-state index in [1.807, 2.05) is 0 Å². The van der Waals surface area contributed by atoms with E-state index in [1.54, 1.807) is 0 Å². The third kappa shape index (κ3) is 3.82. The zero-order valence-electron chi connectivity index (χ0n) is 14.8. The van der Waals surface area contributed by atoms with Crippen LogP contribution in [0.25, 0.3) is 11.4 Å². The van der Waals surface area contributed by atoms with Crippen LogP contribution in [0.2, 0.25) is 0 Å². The van der Waals surface area contributed by atoms with Crippen molar-refractivity contribution < 1.29 is 27.5 Å². The Labute approximate surface area is 161 Å². The molecule has 0 aliphatic carbocycles. The third-order valence-corrected chi connectivity index (χ3v) is 4.11. The standard InChI is InChI=1S/C19H13F4N3O3/c1-26-17(14-11(21)3-2-4-12(14)22)25-15(16(27)19(26)29)18(28)24-8-9-5-6-10(20)13(23)7-9/h2-7,27H,8H2,1H3,(H,24,28). The first-order chi connectivity index (χ1) is 13.7. The normalized spacial score (nSPS) is 10.8. The van der Waals surface area contributed by atoms with Crippen molar-refractivity contribution in [2.75, 3.05) is 0 Å². The van der Waals surface area contributed by atoms with Crippen LogP contribution in [0.5, 0.6) is 5.75 Å². The van der Waals surface area contributed by atoms with Gasteiger partial charge < -0.3 is 10.4 Å². The first-order valence-electron chi connectivity index (χ1n) is 8.17. The minimum Gasteiger partial charge on any atom is -0.501 e. The lowest BCUT2D eigenvalue weighted by atomic mass is 10.1. The number of hydrogen-bond acceptors (Lipinski definition) is 4. The second kappa shape index (κ2) is 7.74. The lowest BCUT2D eigenvalue weighted by Crippen LogP contribution is -2.29. The van der Waals surface area contributed by atoms with Crippen molar-refractivity contribution in [1.29, 1.82) is 0 Å². The Morgan fingerprint density at radius 2 is 1.72 bits per heavy atom. The number of carbonyl (C=O) groups is 1. The summed E-state index contributed by atoms with van der Waals surface area (Å²) in [5, 5.41) is 12.3. The van der Waals surface area contributed by atoms with Gasteiger partial charge in [-0.3, -0.25) is 14.2 Å². The molecule has 150 valence electrons. The zero-order valence-corrected chi connectivity index (χ0v) is 14.8. The van der Waals surface area contributed by atoms with E-state index in [9.17, 15) is 32.3 Å². The van der Waals surface area contributed by atoms with Crippen LogP contribution in [-0.2, 0) is 13.6 Å². The number of halogens is 4. The van der Waals surface area contributed by atoms with Gasteiger partial charge in [0.05, 0.1) is 5.56 Å². The Kier molecular flexibility index (Phi) is 5.35. The van der Waals surface area contributed by atoms with Crippen molar-refractivity contribution in [1.82, 2.24) is 14.9 Å². The largest absolute Gasteiger partial charge is 0.501 e. The fourth-order valence-corrected chi connectivity index (χ4v) is 2.60. The summed E-state index contributed by atoms with van der Waals surface area (Å²) in [6.45, 7) is -0.282. The molecule has 1 amide bonds. The van der Waals surface area contributed by atoms with Gasteiger partial charge in [0.15, 0.2) is 17.3 Å². The Morgan fingerprint density at radius 1 is 1.07 bits per heavy atom. The average Bonchev–Trinajstić information content (AvgIpc) is 2.68. The lowest BCUT2D eigenvalue weighted by Gasteiger charge is -2.13. The van der Waals surface area contributed by atoms with Crippen molar-refractivity contribution >= 4 is 5.91 Å². The number of aromatic hydroxyl groups is 1. The predicted molar refractivity (Wildman–Crippen MR) is 94.0 cm³/mol. The van der Waals surface area contributed by atoms with Crippen LogP contribution in [-0.4, -0.2) is 20.6 Å². The van der Waals surface area contributed by atoms with Gasteiger partial charge in [-0.2, -0.15) is 0 Å². The summed E-state index contributed by atoms with van der Waals surface area (Å²) in [5.41, 5.74) is -2.33. The highest BCUT2D eigenvalue weighted by Crippen LogP contribution is 2.25. The van der Waals surface area contributed by atoms with Crippen LogP contribution in [0.4, 0.5) is 17.6 Å². The minimum absolute atomic E-state index is 0.195. The molecule has 29 heavy (non-hydrogen) atoms. The van der Waals surface area contributed by atoms with E-state index in [-0.39, 0.29) is 12.1 Å². The van der Waals surface area contributed by atoms with Gasteiger partial charge in [-0.15, -0.1) is 0 Å². The number of carbonyl (C=O) groups excluding carboxylic acids is 1. The molecule has 0 spiro atoms. The maximum Gasteiger partial charge on any atom is 0.296 e. The predicted octanol–water partition coefficient (Wildman–Crippen LogP) is 2.64. The van der Waals surface area contributed by atoms with Crippen molar-refractivity contribution in [2.24, 2.45) is 7.05 Å². The smallest absolute Gasteiger partial charge is 0.296 e. The van der Waals surface area contributed by atoms with Crippen LogP contribution in [0.3, 0.4) is 0 Å². The van der Waals surface area contributed by atoms with Crippen LogP contribution < -0.4 is 10.9 Å². The minimum atomic E-state index is -1.12. The molecule has 0 atom stereocenters. The monoisotopic (exact) mass is 407 g/mol. The molecule has 1 aromatic heterocycles. The summed E-state index contributed by atoms with van der Waals surface area (Å²) in [5.74, 6) is -6.83. The third-order valence-electron chi connectivity index (χ3n) is 4.11. The van der Waals surface area contributed by atoms with E-state index in [0.717, 1.165) is 37.4 Å². The van der Waals surface area contributed by atoms with E-state index in [1.165, 1.54) is 6.07 Å². The summed E-state index contributed by atoms with van der Waals surface area (Å²) < 4.78 is 55.1. The van der Waals surface area contributed by atoms with Gasteiger partial charge in [0, 0.05) is 13.6 Å². The fraction of sp³-hybridized carbons (Fsp3) is 0.105. The molecule has 1 heterocycles. The van der Waals surface area contributed by atoms with E-state index < -0.39 is 57.6 Å². The van der Waals surface area contributed by atoms with Crippen molar-refractivity contribution in [2.45, 2.75) is 6.54 Å². The first-order valence-corrected chi connectivity index (χ1v) is 8.17. The molecule has 2 aromatic carbocycles. The van der Waals surface area contributed by atoms with Gasteiger partial charge in [-0.05, 0) is 29.8 Å². The molecule has 0 saturated heterocycles. The molecule has 0 aliphatic rings. The quantitative estimate of drug-likeness (QED) is 0.652. The second-order valence-corrected chi connectivity index (χ2v) is 6.02. The van der Waals surface area contributed by atoms with Gasteiger partial charge in [0.1, 0.15) is 17.5 Å². The molecule has 0 saturated carbocycles. The number of rotatable bonds is 4. The van der Waals surface area contributed by atoms with Crippen LogP contribution >= 0.6 is 0 Å². The molecule has 0 fully saturated rings. The highest BCUT2D eigenvalue weighted by atomic mass is 19.2. The zero-order chi connectivity index (χ0) is 21.3. The number of aromatic nitrogens is 2. The summed E-state index contributed by atoms with van der Waals surface area (Å²) in [4.78, 5) is 28.3. The first kappa shape index (κ1) is 20.1. The van der Waals surface area contributed by atoms with Crippen LogP contribution in [0.15, 0.2) is 41.2 Å². The molecule has 2 N–H and O–H groups in total. The highest BCUT2D eigenvalue weighted by molar-refractivity contribution is 5.95. The average molecular weight is 407 g/mol. The molecular weight excluding hydrogens is 394 g/mol. The van der Waals surface area contributed by atoms with E-state index >= 15 is 0 Å². The van der Waals surface area contributed by atoms with Crippen LogP contribution in [0.1, 0.15) is 16.1 Å². The molecule has 0 aliphatic heterocycles. The van der Waals surface area contributed by atoms with Gasteiger partial charge in [0.2, 0.25) is 5.75 Å². The maximum atomic E-state index is 14.1. The topological polar surface area (TPSA) is 84.2 Å². The summed E-state index contributed by atoms with van der Waals surface area (Å²) in [6.07, 6.45) is 0. The Balaban J connectivity index is 1.99.